The maximum Gasteiger partial charge on any atom is 0.0949 e. The summed E-state index contributed by atoms with van der Waals surface area (Å²) in [5.74, 6) is 0. The third-order valence-electron chi connectivity index (χ3n) is 3.78. The highest BCUT2D eigenvalue weighted by Crippen LogP contribution is 2.29. The molecule has 1 aliphatic rings. The molecular formula is C13H23N3O. The third kappa shape index (κ3) is 2.53. The van der Waals surface area contributed by atoms with Crippen molar-refractivity contribution in [3.8, 4) is 0 Å². The van der Waals surface area contributed by atoms with Gasteiger partial charge in [0, 0.05) is 12.8 Å². The summed E-state index contributed by atoms with van der Waals surface area (Å²) in [5.41, 5.74) is 1.11. The van der Waals surface area contributed by atoms with Gasteiger partial charge < -0.3 is 14.6 Å². The molecule has 4 nitrogen and oxygen atoms in total. The molecule has 17 heavy (non-hydrogen) atoms. The van der Waals surface area contributed by atoms with E-state index >= 15 is 0 Å². The Balaban J connectivity index is 2.20. The van der Waals surface area contributed by atoms with Crippen molar-refractivity contribution in [2.75, 3.05) is 13.7 Å². The molecule has 0 aliphatic carbocycles. The summed E-state index contributed by atoms with van der Waals surface area (Å²) in [6, 6.07) is 0. The lowest BCUT2D eigenvalue weighted by molar-refractivity contribution is 0.00503. The van der Waals surface area contributed by atoms with Crippen LogP contribution in [0.25, 0.3) is 0 Å². The van der Waals surface area contributed by atoms with Gasteiger partial charge in [-0.3, -0.25) is 0 Å². The zero-order valence-electron chi connectivity index (χ0n) is 11.3. The fourth-order valence-electron chi connectivity index (χ4n) is 2.42. The highest BCUT2D eigenvalue weighted by atomic mass is 16.5. The van der Waals surface area contributed by atoms with E-state index in [-0.39, 0.29) is 11.1 Å². The second-order valence-electron chi connectivity index (χ2n) is 5.68. The first-order valence-corrected chi connectivity index (χ1v) is 6.30. The molecule has 1 aliphatic heterocycles. The molecule has 1 aromatic heterocycles. The Kier molecular flexibility index (Phi) is 3.27. The van der Waals surface area contributed by atoms with Crippen LogP contribution in [0, 0.1) is 0 Å². The van der Waals surface area contributed by atoms with E-state index in [9.17, 15) is 0 Å². The fourth-order valence-corrected chi connectivity index (χ4v) is 2.42. The first-order chi connectivity index (χ1) is 7.97. The fraction of sp³-hybridized carbons (Fsp3) is 0.769. The monoisotopic (exact) mass is 237 g/mol. The Morgan fingerprint density at radius 1 is 1.59 bits per heavy atom. The van der Waals surface area contributed by atoms with Crippen LogP contribution in [0.15, 0.2) is 12.5 Å². The summed E-state index contributed by atoms with van der Waals surface area (Å²) < 4.78 is 8.06. The SMILES string of the molecule is CNC(C)(C)c1cncn1CC1(C)CCCO1. The molecule has 0 spiro atoms. The van der Waals surface area contributed by atoms with E-state index in [2.05, 4.69) is 35.6 Å². The first-order valence-electron chi connectivity index (χ1n) is 6.30. The summed E-state index contributed by atoms with van der Waals surface area (Å²) in [5, 5.41) is 3.32. The van der Waals surface area contributed by atoms with Crippen molar-refractivity contribution in [1.29, 1.82) is 0 Å². The smallest absolute Gasteiger partial charge is 0.0949 e. The van der Waals surface area contributed by atoms with Crippen LogP contribution in [0.3, 0.4) is 0 Å². The van der Waals surface area contributed by atoms with E-state index in [1.807, 2.05) is 19.6 Å². The van der Waals surface area contributed by atoms with Crippen molar-refractivity contribution in [2.45, 2.75) is 51.3 Å². The normalized spacial score (nSPS) is 25.4. The van der Waals surface area contributed by atoms with Crippen LogP contribution >= 0.6 is 0 Å². The molecule has 0 bridgehead atoms. The predicted molar refractivity (Wildman–Crippen MR) is 67.9 cm³/mol. The Bertz CT molecular complexity index is 378. The number of ether oxygens (including phenoxy) is 1. The Hall–Kier alpha value is -0.870. The van der Waals surface area contributed by atoms with E-state index < -0.39 is 0 Å². The van der Waals surface area contributed by atoms with Crippen LogP contribution in [0.4, 0.5) is 0 Å². The lowest BCUT2D eigenvalue weighted by Crippen LogP contribution is -2.38. The van der Waals surface area contributed by atoms with Crippen LogP contribution in [0.5, 0.6) is 0 Å². The Morgan fingerprint density at radius 2 is 2.35 bits per heavy atom. The molecule has 1 aromatic rings. The number of imidazole rings is 1. The molecule has 1 saturated heterocycles. The number of nitrogens with one attached hydrogen (secondary N) is 1. The second kappa shape index (κ2) is 4.42. The van der Waals surface area contributed by atoms with Gasteiger partial charge in [0.2, 0.25) is 0 Å². The van der Waals surface area contributed by atoms with Crippen LogP contribution < -0.4 is 5.32 Å². The van der Waals surface area contributed by atoms with Crippen molar-refractivity contribution in [1.82, 2.24) is 14.9 Å². The Morgan fingerprint density at radius 3 is 2.94 bits per heavy atom. The average Bonchev–Trinajstić information content (AvgIpc) is 2.88. The summed E-state index contributed by atoms with van der Waals surface area (Å²) in [6.45, 7) is 8.29. The molecule has 0 radical (unpaired) electrons. The minimum Gasteiger partial charge on any atom is -0.373 e. The molecule has 96 valence electrons. The average molecular weight is 237 g/mol. The van der Waals surface area contributed by atoms with E-state index in [1.54, 1.807) is 0 Å². The molecule has 2 rings (SSSR count). The molecule has 2 heterocycles. The van der Waals surface area contributed by atoms with Crippen molar-refractivity contribution >= 4 is 0 Å². The zero-order chi connectivity index (χ0) is 12.5. The molecule has 1 unspecified atom stereocenters. The van der Waals surface area contributed by atoms with Gasteiger partial charge >= 0.3 is 0 Å². The summed E-state index contributed by atoms with van der Waals surface area (Å²) in [7, 11) is 1.98. The minimum atomic E-state index is -0.0640. The zero-order valence-corrected chi connectivity index (χ0v) is 11.3. The van der Waals surface area contributed by atoms with Gasteiger partial charge in [-0.05, 0) is 40.7 Å². The van der Waals surface area contributed by atoms with Gasteiger partial charge in [-0.1, -0.05) is 0 Å². The summed E-state index contributed by atoms with van der Waals surface area (Å²) in [4.78, 5) is 4.28. The molecule has 1 N–H and O–H groups in total. The highest BCUT2D eigenvalue weighted by molar-refractivity contribution is 5.11. The number of hydrogen-bond donors (Lipinski definition) is 1. The molecule has 4 heteroatoms. The van der Waals surface area contributed by atoms with Crippen LogP contribution in [0.1, 0.15) is 39.3 Å². The largest absolute Gasteiger partial charge is 0.373 e. The molecule has 0 amide bonds. The lowest BCUT2D eigenvalue weighted by atomic mass is 9.99. The number of aromatic nitrogens is 2. The maximum atomic E-state index is 5.85. The molecule has 0 aromatic carbocycles. The maximum absolute atomic E-state index is 5.85. The van der Waals surface area contributed by atoms with Gasteiger partial charge in [0.25, 0.3) is 0 Å². The van der Waals surface area contributed by atoms with Crippen molar-refractivity contribution in [3.05, 3.63) is 18.2 Å². The van der Waals surface area contributed by atoms with E-state index in [0.29, 0.717) is 0 Å². The van der Waals surface area contributed by atoms with Crippen molar-refractivity contribution in [2.24, 2.45) is 0 Å². The van der Waals surface area contributed by atoms with Crippen LogP contribution in [-0.4, -0.2) is 28.8 Å². The summed E-state index contributed by atoms with van der Waals surface area (Å²) >= 11 is 0. The minimum absolute atomic E-state index is 0.0285. The number of hydrogen-bond acceptors (Lipinski definition) is 3. The van der Waals surface area contributed by atoms with Crippen LogP contribution in [0.2, 0.25) is 0 Å². The van der Waals surface area contributed by atoms with E-state index in [1.165, 1.54) is 5.69 Å². The van der Waals surface area contributed by atoms with E-state index in [0.717, 1.165) is 26.0 Å². The molecule has 1 fully saturated rings. The summed E-state index contributed by atoms with van der Waals surface area (Å²) in [6.07, 6.45) is 6.14. The second-order valence-corrected chi connectivity index (χ2v) is 5.68. The molecule has 0 saturated carbocycles. The van der Waals surface area contributed by atoms with Gasteiger partial charge in [-0.25, -0.2) is 4.98 Å². The number of nitrogens with zero attached hydrogens (tertiary/aromatic N) is 2. The van der Waals surface area contributed by atoms with E-state index in [4.69, 9.17) is 4.74 Å². The highest BCUT2D eigenvalue weighted by Gasteiger charge is 2.32. The third-order valence-corrected chi connectivity index (χ3v) is 3.78. The van der Waals surface area contributed by atoms with Gasteiger partial charge in [0.1, 0.15) is 0 Å². The topological polar surface area (TPSA) is 39.1 Å². The quantitative estimate of drug-likeness (QED) is 0.869. The first kappa shape index (κ1) is 12.6. The molecular weight excluding hydrogens is 214 g/mol. The van der Waals surface area contributed by atoms with Crippen molar-refractivity contribution < 1.29 is 4.74 Å². The van der Waals surface area contributed by atoms with Gasteiger partial charge in [0.05, 0.1) is 29.7 Å². The van der Waals surface area contributed by atoms with Crippen LogP contribution in [-0.2, 0) is 16.8 Å². The Labute approximate surface area is 103 Å². The number of rotatable bonds is 4. The van der Waals surface area contributed by atoms with Gasteiger partial charge in [-0.2, -0.15) is 0 Å². The van der Waals surface area contributed by atoms with Gasteiger partial charge in [0.15, 0.2) is 0 Å². The lowest BCUT2D eigenvalue weighted by Gasteiger charge is -2.29. The van der Waals surface area contributed by atoms with Gasteiger partial charge in [-0.15, -0.1) is 0 Å². The van der Waals surface area contributed by atoms with Crippen molar-refractivity contribution in [3.63, 3.8) is 0 Å². The standard InChI is InChI=1S/C13H23N3O/c1-12(2,14-4)11-8-15-10-16(11)9-13(3)6-5-7-17-13/h8,10,14H,5-7,9H2,1-4H3. The predicted octanol–water partition coefficient (Wildman–Crippen LogP) is 1.91. The molecule has 1 atom stereocenters.